The summed E-state index contributed by atoms with van der Waals surface area (Å²) in [6, 6.07) is -1.20. The van der Waals surface area contributed by atoms with Gasteiger partial charge in [0.05, 0.1) is 37.4 Å². The number of nitrogens with one attached hydrogen (secondary N) is 2. The molecule has 0 fully saturated rings. The third-order valence-electron chi connectivity index (χ3n) is 3.10. The van der Waals surface area contributed by atoms with Crippen LogP contribution in [0.25, 0.3) is 0 Å². The molecule has 10 N–H and O–H groups in total. The van der Waals surface area contributed by atoms with Crippen molar-refractivity contribution in [3.63, 3.8) is 0 Å². The van der Waals surface area contributed by atoms with Crippen LogP contribution < -0.4 is 21.7 Å². The first-order valence-electron chi connectivity index (χ1n) is 8.19. The van der Waals surface area contributed by atoms with E-state index in [9.17, 15) is 29.4 Å². The Labute approximate surface area is 169 Å². The number of hydrogen-bond donors (Lipinski definition) is 6. The molecule has 0 radical (unpaired) electrons. The fourth-order valence-corrected chi connectivity index (χ4v) is 1.63. The maximum atomic E-state index is 10.3. The minimum atomic E-state index is -1.55. The summed E-state index contributed by atoms with van der Waals surface area (Å²) in [5, 5.41) is 35.8. The van der Waals surface area contributed by atoms with Crippen molar-refractivity contribution in [1.29, 1.82) is 0 Å². The average Bonchev–Trinajstić information content (AvgIpc) is 3.35. The predicted octanol–water partition coefficient (Wildman–Crippen LogP) is -5.66. The Morgan fingerprint density at radius 2 is 1.20 bits per heavy atom. The van der Waals surface area contributed by atoms with Gasteiger partial charge in [0.2, 0.25) is 0 Å². The average molecular weight is 426 g/mol. The monoisotopic (exact) mass is 426 g/mol. The van der Waals surface area contributed by atoms with Gasteiger partial charge in [-0.25, -0.2) is 19.6 Å². The number of hydrogen-bond acceptors (Lipinski definition) is 8. The number of carbonyl (C=O) groups is 4. The van der Waals surface area contributed by atoms with Crippen LogP contribution in [0.4, 0.5) is 0 Å². The minimum absolute atomic E-state index is 0.384. The van der Waals surface area contributed by atoms with Crippen molar-refractivity contribution in [3.05, 3.63) is 48.6 Å². The maximum Gasteiger partial charge on any atom is 0.362 e. The summed E-state index contributed by atoms with van der Waals surface area (Å²) >= 11 is 0. The summed E-state index contributed by atoms with van der Waals surface area (Å²) in [7, 11) is 0. The standard InChI is InChI=1S/2C6H9N3O2.C4H4O4/c2*7-5(6(10)11)1-4-2-8-3-9-4;5-3(6)1-2-4(7)8/h2*2-3,5H,1,7H2,(H,8,9)(H,10,11);1-2H,(H,5,6)(H,7,8)/b;;2-1-/t2*5-;/m00./s1. The molecule has 0 aliphatic heterocycles. The van der Waals surface area contributed by atoms with Crippen LogP contribution in [0.2, 0.25) is 0 Å². The van der Waals surface area contributed by atoms with E-state index in [2.05, 4.69) is 31.4 Å². The van der Waals surface area contributed by atoms with Gasteiger partial charge in [0.15, 0.2) is 12.1 Å². The molecular formula is C16H22N6O8. The molecule has 2 heterocycles. The number of H-pyrrole nitrogens is 2. The number of carboxylic acid groups (broad SMARTS) is 4. The molecule has 0 amide bonds. The van der Waals surface area contributed by atoms with Crippen molar-refractivity contribution in [3.8, 4) is 0 Å². The Balaban J connectivity index is 0.000000428. The highest BCUT2D eigenvalue weighted by atomic mass is 16.4. The Morgan fingerprint density at radius 3 is 1.40 bits per heavy atom. The lowest BCUT2D eigenvalue weighted by molar-refractivity contribution is -0.407. The van der Waals surface area contributed by atoms with E-state index in [0.717, 1.165) is 11.4 Å². The number of aliphatic carboxylic acids is 4. The number of quaternary nitrogens is 2. The van der Waals surface area contributed by atoms with Gasteiger partial charge in [-0.3, -0.25) is 0 Å². The molecule has 0 aliphatic rings. The molecule has 0 spiro atoms. The van der Waals surface area contributed by atoms with Gasteiger partial charge < -0.3 is 51.5 Å². The molecule has 30 heavy (non-hydrogen) atoms. The first-order valence-corrected chi connectivity index (χ1v) is 8.19. The molecule has 14 heteroatoms. The van der Waals surface area contributed by atoms with Gasteiger partial charge >= 0.3 is 11.9 Å². The first kappa shape index (κ1) is 26.0. The number of carboxylic acids is 4. The van der Waals surface area contributed by atoms with Gasteiger partial charge in [-0.15, -0.1) is 0 Å². The van der Waals surface area contributed by atoms with Crippen LogP contribution in [0.3, 0.4) is 0 Å². The van der Waals surface area contributed by atoms with Crippen molar-refractivity contribution in [2.75, 3.05) is 0 Å². The van der Waals surface area contributed by atoms with Crippen LogP contribution in [-0.4, -0.2) is 66.1 Å². The van der Waals surface area contributed by atoms with Crippen molar-refractivity contribution in [2.45, 2.75) is 24.9 Å². The smallest absolute Gasteiger partial charge is 0.362 e. The van der Waals surface area contributed by atoms with E-state index in [1.54, 1.807) is 12.4 Å². The third kappa shape index (κ3) is 13.2. The molecule has 14 nitrogen and oxygen atoms in total. The zero-order valence-electron chi connectivity index (χ0n) is 15.7. The summed E-state index contributed by atoms with van der Waals surface area (Å²) in [5.41, 5.74) is 8.53. The van der Waals surface area contributed by atoms with Crippen LogP contribution in [0.1, 0.15) is 11.4 Å². The summed E-state index contributed by atoms with van der Waals surface area (Å²) < 4.78 is 0. The molecule has 0 bridgehead atoms. The quantitative estimate of drug-likeness (QED) is 0.218. The lowest BCUT2D eigenvalue weighted by Crippen LogP contribution is -2.66. The number of imidazole rings is 2. The molecule has 0 aliphatic carbocycles. The van der Waals surface area contributed by atoms with Crippen LogP contribution in [0.5, 0.6) is 0 Å². The molecule has 2 atom stereocenters. The molecule has 2 aromatic heterocycles. The van der Waals surface area contributed by atoms with E-state index < -0.39 is 36.0 Å². The summed E-state index contributed by atoms with van der Waals surface area (Å²) in [4.78, 5) is 52.6. The summed E-state index contributed by atoms with van der Waals surface area (Å²) in [6.07, 6.45) is 7.80. The Bertz CT molecular complexity index is 751. The zero-order chi connectivity index (χ0) is 23.1. The SMILES string of the molecule is O=C([O-])/C=C\C(=O)[O-].[NH3+][C@@H](Cc1cnc[nH]1)C(=O)O.[NH3+][C@@H](Cc1cnc[nH]1)C(=O)O. The van der Waals surface area contributed by atoms with E-state index in [1.165, 1.54) is 12.7 Å². The van der Waals surface area contributed by atoms with Crippen molar-refractivity contribution >= 4 is 23.9 Å². The fraction of sp³-hybridized carbons (Fsp3) is 0.250. The molecule has 2 rings (SSSR count). The van der Waals surface area contributed by atoms with Crippen LogP contribution in [0, 0.1) is 0 Å². The highest BCUT2D eigenvalue weighted by molar-refractivity contribution is 5.87. The largest absolute Gasteiger partial charge is 0.545 e. The summed E-state index contributed by atoms with van der Waals surface area (Å²) in [5.74, 6) is -4.87. The van der Waals surface area contributed by atoms with Gasteiger partial charge in [0, 0.05) is 23.8 Å². The molecule has 0 saturated carbocycles. The molecule has 0 aromatic carbocycles. The Hall–Kier alpha value is -4.04. The minimum Gasteiger partial charge on any atom is -0.545 e. The van der Waals surface area contributed by atoms with Crippen molar-refractivity contribution in [1.82, 2.24) is 19.9 Å². The second-order valence-electron chi connectivity index (χ2n) is 5.60. The second-order valence-corrected chi connectivity index (χ2v) is 5.60. The normalized spacial score (nSPS) is 11.9. The lowest BCUT2D eigenvalue weighted by atomic mass is 10.2. The van der Waals surface area contributed by atoms with Crippen LogP contribution in [0.15, 0.2) is 37.2 Å². The van der Waals surface area contributed by atoms with Gasteiger partial charge in [-0.1, -0.05) is 0 Å². The molecule has 2 aromatic rings. The van der Waals surface area contributed by atoms with E-state index in [0.29, 0.717) is 25.0 Å². The van der Waals surface area contributed by atoms with Crippen LogP contribution in [-0.2, 0) is 32.0 Å². The number of aromatic nitrogens is 4. The van der Waals surface area contributed by atoms with E-state index >= 15 is 0 Å². The Morgan fingerprint density at radius 1 is 0.867 bits per heavy atom. The third-order valence-corrected chi connectivity index (χ3v) is 3.10. The Kier molecular flexibility index (Phi) is 12.1. The molecule has 0 unspecified atom stereocenters. The lowest BCUT2D eigenvalue weighted by Gasteiger charge is -1.98. The first-order chi connectivity index (χ1) is 14.0. The highest BCUT2D eigenvalue weighted by Crippen LogP contribution is 1.95. The van der Waals surface area contributed by atoms with Crippen molar-refractivity contribution < 1.29 is 51.1 Å². The van der Waals surface area contributed by atoms with Gasteiger partial charge in [-0.05, 0) is 12.2 Å². The topological polar surface area (TPSA) is 267 Å². The van der Waals surface area contributed by atoms with Crippen LogP contribution >= 0.6 is 0 Å². The van der Waals surface area contributed by atoms with Gasteiger partial charge in [0.25, 0.3) is 0 Å². The molecule has 0 saturated heterocycles. The van der Waals surface area contributed by atoms with Gasteiger partial charge in [-0.2, -0.15) is 0 Å². The van der Waals surface area contributed by atoms with Gasteiger partial charge in [0.1, 0.15) is 0 Å². The van der Waals surface area contributed by atoms with Crippen molar-refractivity contribution in [2.24, 2.45) is 0 Å². The zero-order valence-corrected chi connectivity index (χ0v) is 15.7. The number of rotatable bonds is 8. The van der Waals surface area contributed by atoms with E-state index in [-0.39, 0.29) is 0 Å². The predicted molar refractivity (Wildman–Crippen MR) is 92.4 cm³/mol. The fourth-order valence-electron chi connectivity index (χ4n) is 1.63. The second kappa shape index (κ2) is 14.0. The molecule has 164 valence electrons. The molecular weight excluding hydrogens is 404 g/mol. The number of nitrogens with zero attached hydrogens (tertiary/aromatic N) is 2. The summed E-state index contributed by atoms with van der Waals surface area (Å²) in [6.45, 7) is 0. The highest BCUT2D eigenvalue weighted by Gasteiger charge is 2.16. The number of aromatic amines is 2. The maximum absolute atomic E-state index is 10.3. The van der Waals surface area contributed by atoms with E-state index in [1.807, 2.05) is 0 Å². The van der Waals surface area contributed by atoms with E-state index in [4.69, 9.17) is 10.2 Å². The number of carbonyl (C=O) groups excluding carboxylic acids is 2.